The van der Waals surface area contributed by atoms with Gasteiger partial charge in [0.25, 0.3) is 5.69 Å². The minimum Gasteiger partial charge on any atom is -0.349 e. The monoisotopic (exact) mass is 291 g/mol. The van der Waals surface area contributed by atoms with Crippen molar-refractivity contribution in [1.82, 2.24) is 5.32 Å². The van der Waals surface area contributed by atoms with E-state index < -0.39 is 4.92 Å². The van der Waals surface area contributed by atoms with Crippen LogP contribution >= 0.6 is 0 Å². The third-order valence-electron chi connectivity index (χ3n) is 2.90. The molecule has 1 unspecified atom stereocenters. The SMILES string of the molecule is CC(C)CC(CN)NC(=O)C=Cc1cccc([N+](=O)[O-])c1. The second-order valence-electron chi connectivity index (χ2n) is 5.26. The number of nitro benzene ring substituents is 1. The zero-order valence-electron chi connectivity index (χ0n) is 12.3. The predicted octanol–water partition coefficient (Wildman–Crippen LogP) is 2.10. The predicted molar refractivity (Wildman–Crippen MR) is 82.6 cm³/mol. The van der Waals surface area contributed by atoms with Gasteiger partial charge in [-0.15, -0.1) is 0 Å². The van der Waals surface area contributed by atoms with E-state index in [0.717, 1.165) is 6.42 Å². The van der Waals surface area contributed by atoms with Crippen LogP contribution in [0.25, 0.3) is 6.08 Å². The topological polar surface area (TPSA) is 98.3 Å². The normalized spacial score (nSPS) is 12.6. The van der Waals surface area contributed by atoms with Crippen LogP contribution in [-0.2, 0) is 4.79 Å². The van der Waals surface area contributed by atoms with Gasteiger partial charge in [-0.3, -0.25) is 14.9 Å². The molecule has 0 aromatic heterocycles. The van der Waals surface area contributed by atoms with E-state index in [9.17, 15) is 14.9 Å². The minimum atomic E-state index is -0.468. The van der Waals surface area contributed by atoms with E-state index in [2.05, 4.69) is 19.2 Å². The van der Waals surface area contributed by atoms with Gasteiger partial charge in [0.05, 0.1) is 4.92 Å². The maximum atomic E-state index is 11.8. The van der Waals surface area contributed by atoms with Gasteiger partial charge in [0, 0.05) is 30.8 Å². The van der Waals surface area contributed by atoms with Crippen molar-refractivity contribution in [3.05, 3.63) is 46.0 Å². The molecule has 0 heterocycles. The Kier molecular flexibility index (Phi) is 6.55. The molecule has 114 valence electrons. The number of hydrogen-bond acceptors (Lipinski definition) is 4. The summed E-state index contributed by atoms with van der Waals surface area (Å²) in [6.45, 7) is 4.51. The van der Waals surface area contributed by atoms with Gasteiger partial charge < -0.3 is 11.1 Å². The fourth-order valence-corrected chi connectivity index (χ4v) is 1.95. The Balaban J connectivity index is 2.65. The molecule has 21 heavy (non-hydrogen) atoms. The lowest BCUT2D eigenvalue weighted by Crippen LogP contribution is -2.40. The van der Waals surface area contributed by atoms with Gasteiger partial charge in [-0.05, 0) is 24.0 Å². The van der Waals surface area contributed by atoms with Crippen LogP contribution in [0, 0.1) is 16.0 Å². The lowest BCUT2D eigenvalue weighted by Gasteiger charge is -2.17. The van der Waals surface area contributed by atoms with E-state index >= 15 is 0 Å². The van der Waals surface area contributed by atoms with Crippen LogP contribution in [0.1, 0.15) is 25.8 Å². The van der Waals surface area contributed by atoms with Crippen LogP contribution in [0.5, 0.6) is 0 Å². The molecular formula is C15H21N3O3. The zero-order chi connectivity index (χ0) is 15.8. The molecular weight excluding hydrogens is 270 g/mol. The Bertz CT molecular complexity index is 527. The van der Waals surface area contributed by atoms with Crippen LogP contribution in [0.4, 0.5) is 5.69 Å². The number of nitrogens with two attached hydrogens (primary N) is 1. The molecule has 1 atom stereocenters. The fraction of sp³-hybridized carbons (Fsp3) is 0.400. The highest BCUT2D eigenvalue weighted by atomic mass is 16.6. The second kappa shape index (κ2) is 8.16. The first-order chi connectivity index (χ1) is 9.92. The van der Waals surface area contributed by atoms with Crippen molar-refractivity contribution >= 4 is 17.7 Å². The number of amides is 1. The number of nitrogens with zero attached hydrogens (tertiary/aromatic N) is 1. The van der Waals surface area contributed by atoms with Crippen molar-refractivity contribution in [2.45, 2.75) is 26.3 Å². The lowest BCUT2D eigenvalue weighted by molar-refractivity contribution is -0.384. The molecule has 6 nitrogen and oxygen atoms in total. The number of non-ortho nitro benzene ring substituents is 1. The maximum Gasteiger partial charge on any atom is 0.270 e. The summed E-state index contributed by atoms with van der Waals surface area (Å²) in [6, 6.07) is 6.04. The maximum absolute atomic E-state index is 11.8. The largest absolute Gasteiger partial charge is 0.349 e. The average Bonchev–Trinajstić information content (AvgIpc) is 2.44. The summed E-state index contributed by atoms with van der Waals surface area (Å²) in [5, 5.41) is 13.5. The summed E-state index contributed by atoms with van der Waals surface area (Å²) < 4.78 is 0. The molecule has 6 heteroatoms. The van der Waals surface area contributed by atoms with Gasteiger partial charge in [0.1, 0.15) is 0 Å². The molecule has 1 rings (SSSR count). The molecule has 1 aromatic carbocycles. The van der Waals surface area contributed by atoms with Gasteiger partial charge in [-0.1, -0.05) is 26.0 Å². The molecule has 0 spiro atoms. The van der Waals surface area contributed by atoms with Crippen molar-refractivity contribution in [2.75, 3.05) is 6.54 Å². The molecule has 0 aliphatic rings. The Hall–Kier alpha value is -2.21. The fourth-order valence-electron chi connectivity index (χ4n) is 1.95. The van der Waals surface area contributed by atoms with E-state index in [1.165, 1.54) is 18.2 Å². The summed E-state index contributed by atoms with van der Waals surface area (Å²) in [7, 11) is 0. The van der Waals surface area contributed by atoms with Gasteiger partial charge in [0.15, 0.2) is 0 Å². The van der Waals surface area contributed by atoms with E-state index in [0.29, 0.717) is 18.0 Å². The number of nitro groups is 1. The molecule has 0 bridgehead atoms. The number of carbonyl (C=O) groups excluding carboxylic acids is 1. The molecule has 0 aliphatic heterocycles. The Labute approximate surface area is 124 Å². The van der Waals surface area contributed by atoms with Crippen LogP contribution in [0.3, 0.4) is 0 Å². The number of nitrogens with one attached hydrogen (secondary N) is 1. The number of carbonyl (C=O) groups is 1. The molecule has 3 N–H and O–H groups in total. The highest BCUT2D eigenvalue weighted by Gasteiger charge is 2.10. The summed E-state index contributed by atoms with van der Waals surface area (Å²) >= 11 is 0. The number of benzene rings is 1. The first kappa shape index (κ1) is 16.8. The van der Waals surface area contributed by atoms with Crippen molar-refractivity contribution in [3.8, 4) is 0 Å². The number of rotatable bonds is 7. The first-order valence-electron chi connectivity index (χ1n) is 6.85. The highest BCUT2D eigenvalue weighted by molar-refractivity contribution is 5.92. The summed E-state index contributed by atoms with van der Waals surface area (Å²) in [5.74, 6) is 0.192. The van der Waals surface area contributed by atoms with Gasteiger partial charge >= 0.3 is 0 Å². The molecule has 1 amide bonds. The molecule has 0 saturated carbocycles. The van der Waals surface area contributed by atoms with Crippen molar-refractivity contribution in [1.29, 1.82) is 0 Å². The third-order valence-corrected chi connectivity index (χ3v) is 2.90. The molecule has 0 saturated heterocycles. The van der Waals surface area contributed by atoms with Crippen molar-refractivity contribution < 1.29 is 9.72 Å². The smallest absolute Gasteiger partial charge is 0.270 e. The summed E-state index contributed by atoms with van der Waals surface area (Å²) in [5.41, 5.74) is 6.22. The molecule has 0 fully saturated rings. The molecule has 1 aromatic rings. The van der Waals surface area contributed by atoms with Crippen molar-refractivity contribution in [2.24, 2.45) is 11.7 Å². The van der Waals surface area contributed by atoms with Crippen LogP contribution in [-0.4, -0.2) is 23.4 Å². The Morgan fingerprint density at radius 3 is 2.76 bits per heavy atom. The Morgan fingerprint density at radius 2 is 2.19 bits per heavy atom. The highest BCUT2D eigenvalue weighted by Crippen LogP contribution is 2.14. The Morgan fingerprint density at radius 1 is 1.48 bits per heavy atom. The first-order valence-corrected chi connectivity index (χ1v) is 6.85. The van der Waals surface area contributed by atoms with Crippen molar-refractivity contribution in [3.63, 3.8) is 0 Å². The van der Waals surface area contributed by atoms with E-state index in [4.69, 9.17) is 5.73 Å². The van der Waals surface area contributed by atoms with Gasteiger partial charge in [0.2, 0.25) is 5.91 Å². The quantitative estimate of drug-likeness (QED) is 0.456. The van der Waals surface area contributed by atoms with Crippen LogP contribution in [0.2, 0.25) is 0 Å². The number of hydrogen-bond donors (Lipinski definition) is 2. The van der Waals surface area contributed by atoms with Crippen LogP contribution in [0.15, 0.2) is 30.3 Å². The zero-order valence-corrected chi connectivity index (χ0v) is 12.3. The summed E-state index contributed by atoms with van der Waals surface area (Å²) in [6.07, 6.45) is 3.72. The minimum absolute atomic E-state index is 0.00259. The average molecular weight is 291 g/mol. The standard InChI is InChI=1S/C15H21N3O3/c1-11(2)8-13(10-16)17-15(19)7-6-12-4-3-5-14(9-12)18(20)21/h3-7,9,11,13H,8,10,16H2,1-2H3,(H,17,19). The van der Waals surface area contributed by atoms with Crippen LogP contribution < -0.4 is 11.1 Å². The van der Waals surface area contributed by atoms with E-state index in [1.54, 1.807) is 18.2 Å². The summed E-state index contributed by atoms with van der Waals surface area (Å²) in [4.78, 5) is 22.0. The molecule has 0 radical (unpaired) electrons. The second-order valence-corrected chi connectivity index (χ2v) is 5.26. The molecule has 0 aliphatic carbocycles. The van der Waals surface area contributed by atoms with E-state index in [-0.39, 0.29) is 17.6 Å². The lowest BCUT2D eigenvalue weighted by atomic mass is 10.0. The third kappa shape index (κ3) is 6.18. The van der Waals surface area contributed by atoms with E-state index in [1.807, 2.05) is 0 Å². The van der Waals surface area contributed by atoms with Gasteiger partial charge in [-0.2, -0.15) is 0 Å². The van der Waals surface area contributed by atoms with Gasteiger partial charge in [-0.25, -0.2) is 0 Å².